The van der Waals surface area contributed by atoms with Crippen molar-refractivity contribution in [3.05, 3.63) is 35.7 Å². The fraction of sp³-hybridized carbons (Fsp3) is 0.273. The van der Waals surface area contributed by atoms with Gasteiger partial charge in [0, 0.05) is 7.05 Å². The van der Waals surface area contributed by atoms with Crippen molar-refractivity contribution in [2.45, 2.75) is 6.61 Å². The standard InChI is InChI=1S/C11H12N4O3/c1-15-10(12-13-14-15)7-18-9-5-3-8(4-6-9)11(16)17-2/h3-6H,7H2,1-2H3. The Kier molecular flexibility index (Phi) is 3.52. The fourth-order valence-corrected chi connectivity index (χ4v) is 1.32. The van der Waals surface area contributed by atoms with Gasteiger partial charge in [0.25, 0.3) is 0 Å². The Hall–Kier alpha value is -2.44. The van der Waals surface area contributed by atoms with E-state index in [9.17, 15) is 4.79 Å². The van der Waals surface area contributed by atoms with E-state index in [1.165, 1.54) is 11.8 Å². The molecule has 7 nitrogen and oxygen atoms in total. The van der Waals surface area contributed by atoms with Crippen LogP contribution in [0.3, 0.4) is 0 Å². The van der Waals surface area contributed by atoms with E-state index in [1.807, 2.05) is 0 Å². The van der Waals surface area contributed by atoms with E-state index in [2.05, 4.69) is 20.3 Å². The Labute approximate surface area is 103 Å². The summed E-state index contributed by atoms with van der Waals surface area (Å²) in [7, 11) is 3.08. The van der Waals surface area contributed by atoms with Gasteiger partial charge in [-0.2, -0.15) is 0 Å². The van der Waals surface area contributed by atoms with E-state index in [-0.39, 0.29) is 12.6 Å². The van der Waals surface area contributed by atoms with Gasteiger partial charge in [-0.15, -0.1) is 5.10 Å². The molecule has 0 saturated carbocycles. The van der Waals surface area contributed by atoms with Crippen molar-refractivity contribution in [2.24, 2.45) is 7.05 Å². The third kappa shape index (κ3) is 2.62. The third-order valence-corrected chi connectivity index (χ3v) is 2.35. The number of aromatic nitrogens is 4. The molecular formula is C11H12N4O3. The summed E-state index contributed by atoms with van der Waals surface area (Å²) in [6.07, 6.45) is 0. The van der Waals surface area contributed by atoms with Gasteiger partial charge < -0.3 is 9.47 Å². The molecule has 18 heavy (non-hydrogen) atoms. The number of hydrogen-bond donors (Lipinski definition) is 0. The lowest BCUT2D eigenvalue weighted by Crippen LogP contribution is -2.05. The minimum atomic E-state index is -0.376. The van der Waals surface area contributed by atoms with Crippen LogP contribution in [0.4, 0.5) is 0 Å². The Morgan fingerprint density at radius 1 is 1.33 bits per heavy atom. The minimum Gasteiger partial charge on any atom is -0.486 e. The average molecular weight is 248 g/mol. The first-order chi connectivity index (χ1) is 8.70. The second kappa shape index (κ2) is 5.26. The van der Waals surface area contributed by atoms with Gasteiger partial charge in [-0.05, 0) is 34.7 Å². The molecule has 0 unspecified atom stereocenters. The third-order valence-electron chi connectivity index (χ3n) is 2.35. The normalized spacial score (nSPS) is 10.1. The Morgan fingerprint density at radius 2 is 2.06 bits per heavy atom. The number of methoxy groups -OCH3 is 1. The highest BCUT2D eigenvalue weighted by molar-refractivity contribution is 5.89. The van der Waals surface area contributed by atoms with Gasteiger partial charge in [0.2, 0.25) is 0 Å². The second-order valence-electron chi connectivity index (χ2n) is 3.52. The van der Waals surface area contributed by atoms with E-state index in [4.69, 9.17) is 4.74 Å². The number of rotatable bonds is 4. The molecule has 0 fully saturated rings. The molecule has 7 heteroatoms. The summed E-state index contributed by atoms with van der Waals surface area (Å²) in [5.74, 6) is 0.872. The van der Waals surface area contributed by atoms with Crippen LogP contribution in [0.15, 0.2) is 24.3 Å². The smallest absolute Gasteiger partial charge is 0.337 e. The highest BCUT2D eigenvalue weighted by Gasteiger charge is 2.06. The van der Waals surface area contributed by atoms with Crippen molar-refractivity contribution in [2.75, 3.05) is 7.11 Å². The molecule has 0 aliphatic carbocycles. The van der Waals surface area contributed by atoms with Gasteiger partial charge in [0.15, 0.2) is 5.82 Å². The lowest BCUT2D eigenvalue weighted by Gasteiger charge is -2.05. The molecule has 0 radical (unpaired) electrons. The molecule has 0 spiro atoms. The van der Waals surface area contributed by atoms with E-state index < -0.39 is 0 Å². The molecule has 94 valence electrons. The molecule has 0 bridgehead atoms. The van der Waals surface area contributed by atoms with Crippen molar-refractivity contribution in [1.82, 2.24) is 20.2 Å². The van der Waals surface area contributed by atoms with Crippen LogP contribution < -0.4 is 4.74 Å². The summed E-state index contributed by atoms with van der Waals surface area (Å²) >= 11 is 0. The van der Waals surface area contributed by atoms with Crippen LogP contribution >= 0.6 is 0 Å². The number of ether oxygens (including phenoxy) is 2. The van der Waals surface area contributed by atoms with Crippen LogP contribution in [0.2, 0.25) is 0 Å². The number of carbonyl (C=O) groups is 1. The summed E-state index contributed by atoms with van der Waals surface area (Å²) in [6, 6.07) is 6.65. The molecule has 0 saturated heterocycles. The Balaban J connectivity index is 1.98. The molecule has 2 aromatic rings. The maximum Gasteiger partial charge on any atom is 0.337 e. The molecule has 0 amide bonds. The molecule has 1 aromatic carbocycles. The zero-order valence-electron chi connectivity index (χ0n) is 10.0. The fourth-order valence-electron chi connectivity index (χ4n) is 1.32. The number of benzene rings is 1. The van der Waals surface area contributed by atoms with Crippen LogP contribution in [0.25, 0.3) is 0 Å². The summed E-state index contributed by atoms with van der Waals surface area (Å²) < 4.78 is 11.6. The summed E-state index contributed by atoms with van der Waals surface area (Å²) in [5, 5.41) is 11.0. The van der Waals surface area contributed by atoms with Crippen molar-refractivity contribution in [1.29, 1.82) is 0 Å². The first-order valence-corrected chi connectivity index (χ1v) is 5.23. The van der Waals surface area contributed by atoms with E-state index in [0.717, 1.165) is 0 Å². The Morgan fingerprint density at radius 3 is 2.61 bits per heavy atom. The first-order valence-electron chi connectivity index (χ1n) is 5.23. The molecule has 1 heterocycles. The van der Waals surface area contributed by atoms with Gasteiger partial charge in [0.1, 0.15) is 12.4 Å². The maximum absolute atomic E-state index is 11.2. The zero-order valence-corrected chi connectivity index (χ0v) is 10.0. The summed E-state index contributed by atoms with van der Waals surface area (Å²) in [5.41, 5.74) is 0.477. The van der Waals surface area contributed by atoms with Crippen LogP contribution in [-0.4, -0.2) is 33.3 Å². The maximum atomic E-state index is 11.2. The number of tetrazole rings is 1. The molecule has 0 atom stereocenters. The lowest BCUT2D eigenvalue weighted by atomic mass is 10.2. The highest BCUT2D eigenvalue weighted by atomic mass is 16.5. The van der Waals surface area contributed by atoms with E-state index >= 15 is 0 Å². The van der Waals surface area contributed by atoms with E-state index in [0.29, 0.717) is 17.1 Å². The number of aryl methyl sites for hydroxylation is 1. The van der Waals surface area contributed by atoms with Crippen LogP contribution in [0.5, 0.6) is 5.75 Å². The number of carbonyl (C=O) groups excluding carboxylic acids is 1. The first kappa shape index (κ1) is 12.0. The van der Waals surface area contributed by atoms with Crippen LogP contribution in [-0.2, 0) is 18.4 Å². The van der Waals surface area contributed by atoms with Crippen molar-refractivity contribution in [3.8, 4) is 5.75 Å². The van der Waals surface area contributed by atoms with E-state index in [1.54, 1.807) is 31.3 Å². The number of nitrogens with zero attached hydrogens (tertiary/aromatic N) is 4. The average Bonchev–Trinajstić information content (AvgIpc) is 2.81. The monoisotopic (exact) mass is 248 g/mol. The molecule has 0 aliphatic heterocycles. The number of hydrogen-bond acceptors (Lipinski definition) is 6. The Bertz CT molecular complexity index is 535. The highest BCUT2D eigenvalue weighted by Crippen LogP contribution is 2.13. The zero-order chi connectivity index (χ0) is 13.0. The lowest BCUT2D eigenvalue weighted by molar-refractivity contribution is 0.0600. The van der Waals surface area contributed by atoms with Gasteiger partial charge in [-0.3, -0.25) is 0 Å². The van der Waals surface area contributed by atoms with Gasteiger partial charge in [-0.1, -0.05) is 0 Å². The van der Waals surface area contributed by atoms with Crippen LogP contribution in [0.1, 0.15) is 16.2 Å². The van der Waals surface area contributed by atoms with Crippen LogP contribution in [0, 0.1) is 0 Å². The summed E-state index contributed by atoms with van der Waals surface area (Å²) in [6.45, 7) is 0.265. The predicted molar refractivity (Wildman–Crippen MR) is 60.9 cm³/mol. The molecule has 2 rings (SSSR count). The SMILES string of the molecule is COC(=O)c1ccc(OCc2nnnn2C)cc1. The minimum absolute atomic E-state index is 0.265. The van der Waals surface area contributed by atoms with Crippen molar-refractivity contribution < 1.29 is 14.3 Å². The predicted octanol–water partition coefficient (Wildman–Crippen LogP) is 0.576. The second-order valence-corrected chi connectivity index (χ2v) is 3.52. The van der Waals surface area contributed by atoms with Gasteiger partial charge >= 0.3 is 5.97 Å². The van der Waals surface area contributed by atoms with Gasteiger partial charge in [-0.25, -0.2) is 9.48 Å². The van der Waals surface area contributed by atoms with Crippen molar-refractivity contribution in [3.63, 3.8) is 0 Å². The van der Waals surface area contributed by atoms with Gasteiger partial charge in [0.05, 0.1) is 12.7 Å². The topological polar surface area (TPSA) is 79.1 Å². The molecule has 1 aromatic heterocycles. The molecular weight excluding hydrogens is 236 g/mol. The van der Waals surface area contributed by atoms with Crippen molar-refractivity contribution >= 4 is 5.97 Å². The molecule has 0 aliphatic rings. The quantitative estimate of drug-likeness (QED) is 0.736. The molecule has 0 N–H and O–H groups in total. The summed E-state index contributed by atoms with van der Waals surface area (Å²) in [4.78, 5) is 11.2. The largest absolute Gasteiger partial charge is 0.486 e. The number of esters is 1.